The maximum Gasteiger partial charge on any atom is 0.287 e. The summed E-state index contributed by atoms with van der Waals surface area (Å²) in [6.07, 6.45) is 2.73. The number of amides is 3. The second-order valence-electron chi connectivity index (χ2n) is 7.70. The van der Waals surface area contributed by atoms with Gasteiger partial charge in [-0.15, -0.1) is 0 Å². The summed E-state index contributed by atoms with van der Waals surface area (Å²) in [5.41, 5.74) is 1.26. The van der Waals surface area contributed by atoms with Crippen LogP contribution >= 0.6 is 0 Å². The number of likely N-dealkylation sites (N-methyl/N-ethyl adjacent to an activating group) is 1. The van der Waals surface area contributed by atoms with Crippen LogP contribution in [0.25, 0.3) is 0 Å². The maximum absolute atomic E-state index is 13.1. The molecule has 1 N–H and O–H groups in total. The normalized spacial score (nSPS) is 16.9. The summed E-state index contributed by atoms with van der Waals surface area (Å²) in [5, 5.41) is 2.90. The van der Waals surface area contributed by atoms with Gasteiger partial charge in [-0.25, -0.2) is 4.98 Å². The molecule has 1 aromatic rings. The minimum Gasteiger partial charge on any atom is -0.348 e. The van der Waals surface area contributed by atoms with Crippen LogP contribution in [-0.4, -0.2) is 95.3 Å². The molecule has 0 aliphatic carbocycles. The van der Waals surface area contributed by atoms with E-state index in [0.29, 0.717) is 50.8 Å². The molecule has 1 aromatic heterocycles. The Labute approximate surface area is 165 Å². The van der Waals surface area contributed by atoms with E-state index in [1.807, 2.05) is 23.6 Å². The molecule has 1 fully saturated rings. The average Bonchev–Trinajstić information content (AvgIpc) is 3.07. The molecule has 3 heterocycles. The molecule has 28 heavy (non-hydrogen) atoms. The molecule has 2 aliphatic heterocycles. The number of carbonyl (C=O) groups is 3. The fourth-order valence-electron chi connectivity index (χ4n) is 3.73. The molecule has 1 saturated heterocycles. The van der Waals surface area contributed by atoms with Crippen molar-refractivity contribution < 1.29 is 14.4 Å². The van der Waals surface area contributed by atoms with Crippen molar-refractivity contribution in [3.63, 3.8) is 0 Å². The van der Waals surface area contributed by atoms with E-state index in [4.69, 9.17) is 0 Å². The zero-order valence-electron chi connectivity index (χ0n) is 17.0. The summed E-state index contributed by atoms with van der Waals surface area (Å²) >= 11 is 0. The second-order valence-corrected chi connectivity index (χ2v) is 7.70. The number of nitrogens with zero attached hydrogens (tertiary/aromatic N) is 5. The van der Waals surface area contributed by atoms with Crippen LogP contribution in [0.5, 0.6) is 0 Å². The highest BCUT2D eigenvalue weighted by Gasteiger charge is 2.31. The third kappa shape index (κ3) is 4.35. The van der Waals surface area contributed by atoms with Gasteiger partial charge >= 0.3 is 0 Å². The van der Waals surface area contributed by atoms with E-state index in [9.17, 15) is 14.4 Å². The van der Waals surface area contributed by atoms with Crippen LogP contribution in [0.15, 0.2) is 0 Å². The molecule has 0 unspecified atom stereocenters. The number of hydrogen-bond donors (Lipinski definition) is 1. The summed E-state index contributed by atoms with van der Waals surface area (Å²) < 4.78 is 1.91. The standard InChI is InChI=1S/C19H30N6O3/c1-14(26)23-10-12-24(13-11-23)19(28)16-15-6-4-5-8-25(15)17(21-16)18(27)20-7-9-22(2)3/h4-13H2,1-3H3,(H,20,27). The lowest BCUT2D eigenvalue weighted by molar-refractivity contribution is -0.130. The number of imidazole rings is 1. The first-order valence-corrected chi connectivity index (χ1v) is 9.95. The number of aromatic nitrogens is 2. The zero-order chi connectivity index (χ0) is 20.3. The third-order valence-electron chi connectivity index (χ3n) is 5.38. The number of fused-ring (bicyclic) bond motifs is 1. The monoisotopic (exact) mass is 390 g/mol. The summed E-state index contributed by atoms with van der Waals surface area (Å²) in [5.74, 6) is -0.00558. The number of rotatable bonds is 5. The summed E-state index contributed by atoms with van der Waals surface area (Å²) in [6, 6.07) is 0. The molecule has 0 bridgehead atoms. The zero-order valence-corrected chi connectivity index (χ0v) is 17.0. The smallest absolute Gasteiger partial charge is 0.287 e. The quantitative estimate of drug-likeness (QED) is 0.753. The lowest BCUT2D eigenvalue weighted by Gasteiger charge is -2.34. The van der Waals surface area contributed by atoms with E-state index >= 15 is 0 Å². The van der Waals surface area contributed by atoms with Crippen LogP contribution in [-0.2, 0) is 17.8 Å². The molecular weight excluding hydrogens is 360 g/mol. The van der Waals surface area contributed by atoms with Gasteiger partial charge in [0.15, 0.2) is 5.82 Å². The maximum atomic E-state index is 13.1. The molecule has 0 aromatic carbocycles. The van der Waals surface area contributed by atoms with Crippen LogP contribution < -0.4 is 5.32 Å². The van der Waals surface area contributed by atoms with E-state index in [-0.39, 0.29) is 17.7 Å². The number of piperazine rings is 1. The van der Waals surface area contributed by atoms with E-state index in [2.05, 4.69) is 10.3 Å². The van der Waals surface area contributed by atoms with E-state index < -0.39 is 0 Å². The molecule has 9 heteroatoms. The predicted octanol–water partition coefficient (Wildman–Crippen LogP) is -0.185. The van der Waals surface area contributed by atoms with Crippen LogP contribution in [0, 0.1) is 0 Å². The molecule has 9 nitrogen and oxygen atoms in total. The third-order valence-corrected chi connectivity index (χ3v) is 5.38. The van der Waals surface area contributed by atoms with E-state index in [1.165, 1.54) is 0 Å². The Morgan fingerprint density at radius 3 is 2.36 bits per heavy atom. The Morgan fingerprint density at radius 1 is 1.04 bits per heavy atom. The molecule has 0 atom stereocenters. The van der Waals surface area contributed by atoms with E-state index in [0.717, 1.165) is 31.5 Å². The average molecular weight is 390 g/mol. The van der Waals surface area contributed by atoms with E-state index in [1.54, 1.807) is 16.7 Å². The Morgan fingerprint density at radius 2 is 1.71 bits per heavy atom. The number of carbonyl (C=O) groups excluding carboxylic acids is 3. The molecular formula is C19H30N6O3. The summed E-state index contributed by atoms with van der Waals surface area (Å²) in [7, 11) is 3.90. The number of nitrogens with one attached hydrogen (secondary N) is 1. The topological polar surface area (TPSA) is 90.8 Å². The molecule has 3 amide bonds. The van der Waals surface area contributed by atoms with Gasteiger partial charge in [0, 0.05) is 52.7 Å². The van der Waals surface area contributed by atoms with Gasteiger partial charge in [0.05, 0.1) is 5.69 Å². The Kier molecular flexibility index (Phi) is 6.33. The highest BCUT2D eigenvalue weighted by atomic mass is 16.2. The van der Waals surface area contributed by atoms with Gasteiger partial charge in [-0.2, -0.15) is 0 Å². The first kappa shape index (κ1) is 20.3. The van der Waals surface area contributed by atoms with Crippen LogP contribution in [0.3, 0.4) is 0 Å². The Bertz CT molecular complexity index is 749. The first-order valence-electron chi connectivity index (χ1n) is 9.95. The lowest BCUT2D eigenvalue weighted by atomic mass is 10.1. The van der Waals surface area contributed by atoms with Crippen LogP contribution in [0.4, 0.5) is 0 Å². The Hall–Kier alpha value is -2.42. The van der Waals surface area contributed by atoms with Crippen molar-refractivity contribution in [2.75, 3.05) is 53.4 Å². The lowest BCUT2D eigenvalue weighted by Crippen LogP contribution is -2.50. The molecule has 154 valence electrons. The molecule has 0 saturated carbocycles. The summed E-state index contributed by atoms with van der Waals surface area (Å²) in [6.45, 7) is 5.60. The van der Waals surface area contributed by atoms with Crippen molar-refractivity contribution >= 4 is 17.7 Å². The van der Waals surface area contributed by atoms with Gasteiger partial charge < -0.3 is 24.6 Å². The van der Waals surface area contributed by atoms with Gasteiger partial charge in [-0.3, -0.25) is 14.4 Å². The van der Waals surface area contributed by atoms with Crippen molar-refractivity contribution in [3.05, 3.63) is 17.2 Å². The van der Waals surface area contributed by atoms with Gasteiger partial charge in [0.2, 0.25) is 5.91 Å². The van der Waals surface area contributed by atoms with Gasteiger partial charge in [0.1, 0.15) is 5.69 Å². The molecule has 3 rings (SSSR count). The van der Waals surface area contributed by atoms with Crippen molar-refractivity contribution in [2.45, 2.75) is 32.7 Å². The predicted molar refractivity (Wildman–Crippen MR) is 104 cm³/mol. The minimum atomic E-state index is -0.231. The highest BCUT2D eigenvalue weighted by Crippen LogP contribution is 2.23. The van der Waals surface area contributed by atoms with Gasteiger partial charge in [-0.05, 0) is 33.4 Å². The number of hydrogen-bond acceptors (Lipinski definition) is 5. The van der Waals surface area contributed by atoms with Crippen molar-refractivity contribution in [2.24, 2.45) is 0 Å². The SMILES string of the molecule is CC(=O)N1CCN(C(=O)c2nc(C(=O)NCCN(C)C)n3c2CCCC3)CC1. The highest BCUT2D eigenvalue weighted by molar-refractivity contribution is 5.97. The van der Waals surface area contributed by atoms with Crippen molar-refractivity contribution in [1.29, 1.82) is 0 Å². The van der Waals surface area contributed by atoms with Crippen LogP contribution in [0.1, 0.15) is 46.6 Å². The molecule has 0 radical (unpaired) electrons. The Balaban J connectivity index is 1.76. The minimum absolute atomic E-state index is 0.0307. The van der Waals surface area contributed by atoms with Gasteiger partial charge in [0.25, 0.3) is 11.8 Å². The first-order chi connectivity index (χ1) is 13.4. The van der Waals surface area contributed by atoms with Crippen molar-refractivity contribution in [1.82, 2.24) is 29.6 Å². The fourth-order valence-corrected chi connectivity index (χ4v) is 3.73. The second kappa shape index (κ2) is 8.72. The molecule has 2 aliphatic rings. The summed E-state index contributed by atoms with van der Waals surface area (Å²) in [4.78, 5) is 47.2. The van der Waals surface area contributed by atoms with Crippen LogP contribution in [0.2, 0.25) is 0 Å². The van der Waals surface area contributed by atoms with Crippen molar-refractivity contribution in [3.8, 4) is 0 Å². The largest absolute Gasteiger partial charge is 0.348 e. The fraction of sp³-hybridized carbons (Fsp3) is 0.684. The molecule has 0 spiro atoms. The van der Waals surface area contributed by atoms with Gasteiger partial charge in [-0.1, -0.05) is 0 Å².